The lowest BCUT2D eigenvalue weighted by atomic mass is 9.85. The molecule has 9 aromatic rings. The number of ether oxygens (including phenoxy) is 1. The van der Waals surface area contributed by atoms with Gasteiger partial charge in [0.15, 0.2) is 5.84 Å². The summed E-state index contributed by atoms with van der Waals surface area (Å²) in [6.45, 7) is 0. The number of fused-ring (bicyclic) bond motifs is 9. The average Bonchev–Trinajstić information content (AvgIpc) is 3.97. The summed E-state index contributed by atoms with van der Waals surface area (Å²) in [5.41, 5.74) is 10.4. The Labute approximate surface area is 333 Å². The highest BCUT2D eigenvalue weighted by Gasteiger charge is 2.40. The Morgan fingerprint density at radius 1 is 0.579 bits per heavy atom. The highest BCUT2D eigenvalue weighted by Crippen LogP contribution is 2.52. The molecule has 57 heavy (non-hydrogen) atoms. The molecule has 5 nitrogen and oxygen atoms in total. The topological polar surface area (TPSA) is 50.9 Å². The van der Waals surface area contributed by atoms with Crippen molar-refractivity contribution in [2.75, 3.05) is 0 Å². The molecule has 0 amide bonds. The van der Waals surface area contributed by atoms with Crippen LogP contribution in [0, 0.1) is 0 Å². The summed E-state index contributed by atoms with van der Waals surface area (Å²) in [7, 11) is 0. The molecule has 0 radical (unpaired) electrons. The molecule has 0 saturated heterocycles. The van der Waals surface area contributed by atoms with E-state index >= 15 is 0 Å². The van der Waals surface area contributed by atoms with Gasteiger partial charge in [-0.2, -0.15) is 0 Å². The molecule has 2 aliphatic heterocycles. The molecule has 270 valence electrons. The first-order valence-electron chi connectivity index (χ1n) is 19.4. The van der Waals surface area contributed by atoms with Gasteiger partial charge in [-0.15, -0.1) is 11.3 Å². The number of hydrogen-bond acceptors (Lipinski definition) is 5. The minimum absolute atomic E-state index is 0.0581. The zero-order valence-corrected chi connectivity index (χ0v) is 31.5. The lowest BCUT2D eigenvalue weighted by Gasteiger charge is -2.25. The van der Waals surface area contributed by atoms with E-state index in [1.165, 1.54) is 58.7 Å². The zero-order valence-electron chi connectivity index (χ0n) is 30.7. The molecule has 0 fully saturated rings. The molecule has 7 aromatic carbocycles. The van der Waals surface area contributed by atoms with Gasteiger partial charge in [0.1, 0.15) is 23.9 Å². The average molecular weight is 751 g/mol. The van der Waals surface area contributed by atoms with Crippen LogP contribution in [-0.2, 0) is 0 Å². The van der Waals surface area contributed by atoms with Crippen LogP contribution in [-0.4, -0.2) is 22.3 Å². The van der Waals surface area contributed by atoms with E-state index in [4.69, 9.17) is 14.7 Å². The smallest absolute Gasteiger partial charge is 0.159 e. The van der Waals surface area contributed by atoms with Gasteiger partial charge in [-0.25, -0.2) is 9.98 Å². The van der Waals surface area contributed by atoms with Crippen molar-refractivity contribution >= 4 is 70.7 Å². The minimum atomic E-state index is -0.265. The second kappa shape index (κ2) is 12.8. The molecule has 4 heterocycles. The predicted octanol–water partition coefficient (Wildman–Crippen LogP) is 12.3. The second-order valence-electron chi connectivity index (χ2n) is 14.8. The lowest BCUT2D eigenvalue weighted by Crippen LogP contribution is -2.33. The highest BCUT2D eigenvalue weighted by molar-refractivity contribution is 7.26. The van der Waals surface area contributed by atoms with Gasteiger partial charge >= 0.3 is 0 Å². The molecule has 2 aromatic heterocycles. The number of aliphatic imine (C=N–C) groups is 2. The van der Waals surface area contributed by atoms with Crippen molar-refractivity contribution in [2.45, 2.75) is 18.2 Å². The number of nitrogens with zero attached hydrogens (tertiary/aromatic N) is 3. The summed E-state index contributed by atoms with van der Waals surface area (Å²) in [6, 6.07) is 57.9. The van der Waals surface area contributed by atoms with E-state index in [0.29, 0.717) is 0 Å². The van der Waals surface area contributed by atoms with Crippen molar-refractivity contribution in [3.05, 3.63) is 204 Å². The summed E-state index contributed by atoms with van der Waals surface area (Å²) in [5.74, 6) is 2.55. The van der Waals surface area contributed by atoms with E-state index in [2.05, 4.69) is 168 Å². The van der Waals surface area contributed by atoms with E-state index < -0.39 is 0 Å². The molecule has 3 atom stereocenters. The van der Waals surface area contributed by atoms with Gasteiger partial charge < -0.3 is 14.6 Å². The molecule has 3 aliphatic rings. The molecule has 0 spiro atoms. The fourth-order valence-corrected chi connectivity index (χ4v) is 10.5. The fraction of sp³-hybridized carbons (Fsp3) is 0.0588. The molecule has 6 heteroatoms. The first-order chi connectivity index (χ1) is 28.3. The van der Waals surface area contributed by atoms with Crippen molar-refractivity contribution in [2.24, 2.45) is 9.98 Å². The maximum atomic E-state index is 7.00. The van der Waals surface area contributed by atoms with Crippen molar-refractivity contribution in [1.82, 2.24) is 9.88 Å². The van der Waals surface area contributed by atoms with Crippen LogP contribution in [0.25, 0.3) is 58.8 Å². The number of aromatic nitrogens is 1. The summed E-state index contributed by atoms with van der Waals surface area (Å²) < 4.78 is 11.9. The van der Waals surface area contributed by atoms with E-state index in [-0.39, 0.29) is 18.2 Å². The molecule has 12 rings (SSSR count). The molecule has 3 unspecified atom stereocenters. The molecule has 1 N–H and O–H groups in total. The number of thiophene rings is 1. The van der Waals surface area contributed by atoms with Crippen LogP contribution in [0.3, 0.4) is 0 Å². The van der Waals surface area contributed by atoms with Crippen LogP contribution in [0.15, 0.2) is 192 Å². The second-order valence-corrected chi connectivity index (χ2v) is 15.9. The van der Waals surface area contributed by atoms with Crippen LogP contribution >= 0.6 is 11.3 Å². The van der Waals surface area contributed by atoms with Gasteiger partial charge in [-0.1, -0.05) is 152 Å². The van der Waals surface area contributed by atoms with E-state index in [0.717, 1.165) is 39.8 Å². The zero-order chi connectivity index (χ0) is 37.5. The van der Waals surface area contributed by atoms with Gasteiger partial charge in [0.2, 0.25) is 0 Å². The molecule has 0 bridgehead atoms. The van der Waals surface area contributed by atoms with Crippen LogP contribution in [0.2, 0.25) is 0 Å². The lowest BCUT2D eigenvalue weighted by molar-refractivity contribution is 0.272. The number of allylic oxidation sites excluding steroid dienone is 2. The van der Waals surface area contributed by atoms with Gasteiger partial charge in [0.05, 0.1) is 16.7 Å². The standard InChI is InChI=1S/C51H34N4OS/c1-3-15-31(16-4-1)49-52-50(32-17-5-2-6-18-32)54-51(53-49)40-26-12-24-38-37-23-11-22-36(47(37)57-48(38)40)35-21-14-30-44-45(35)39-25-13-29-43(46(39)56-44)55-41-27-9-7-19-33(41)34-20-8-10-28-42(34)55/h1-30,39,46,49H,(H,52,53,54). The first-order valence-corrected chi connectivity index (χ1v) is 20.2. The molecular weight excluding hydrogens is 717 g/mol. The quantitative estimate of drug-likeness (QED) is 0.190. The third-order valence-electron chi connectivity index (χ3n) is 11.7. The monoisotopic (exact) mass is 750 g/mol. The van der Waals surface area contributed by atoms with Gasteiger partial charge in [0.25, 0.3) is 0 Å². The number of nitrogens with one attached hydrogen (secondary N) is 1. The van der Waals surface area contributed by atoms with E-state index in [9.17, 15) is 0 Å². The Kier molecular flexibility index (Phi) is 7.22. The Bertz CT molecular complexity index is 3150. The summed E-state index contributed by atoms with van der Waals surface area (Å²) in [6.07, 6.45) is 6.35. The van der Waals surface area contributed by atoms with Gasteiger partial charge in [-0.05, 0) is 47.0 Å². The Hall–Kier alpha value is -7.02. The molecular formula is C51H34N4OS. The normalized spacial score (nSPS) is 18.5. The van der Waals surface area contributed by atoms with Crippen molar-refractivity contribution in [3.8, 4) is 16.9 Å². The highest BCUT2D eigenvalue weighted by atomic mass is 32.1. The van der Waals surface area contributed by atoms with Gasteiger partial charge in [0, 0.05) is 53.6 Å². The van der Waals surface area contributed by atoms with Crippen molar-refractivity contribution in [3.63, 3.8) is 0 Å². The van der Waals surface area contributed by atoms with Crippen LogP contribution in [0.5, 0.6) is 5.75 Å². The SMILES string of the molecule is C1=CC2c3c(cccc3-c3cccc4c3sc3c(C5=NC(c6ccccc6)=NC(c6ccccc6)N5)cccc34)OC2C(n2c3ccccc3c3ccccc32)=C1. The van der Waals surface area contributed by atoms with Crippen molar-refractivity contribution in [1.29, 1.82) is 0 Å². The third kappa shape index (κ3) is 5.00. The number of hydrogen-bond donors (Lipinski definition) is 1. The van der Waals surface area contributed by atoms with Crippen LogP contribution in [0.4, 0.5) is 0 Å². The Balaban J connectivity index is 0.980. The van der Waals surface area contributed by atoms with Crippen LogP contribution in [0.1, 0.15) is 34.3 Å². The summed E-state index contributed by atoms with van der Waals surface area (Å²) >= 11 is 1.84. The third-order valence-corrected chi connectivity index (χ3v) is 12.9. The van der Waals surface area contributed by atoms with Gasteiger partial charge in [-0.3, -0.25) is 0 Å². The van der Waals surface area contributed by atoms with E-state index in [1.807, 2.05) is 35.6 Å². The predicted molar refractivity (Wildman–Crippen MR) is 237 cm³/mol. The summed E-state index contributed by atoms with van der Waals surface area (Å²) in [4.78, 5) is 10.3. The molecule has 1 aliphatic carbocycles. The van der Waals surface area contributed by atoms with Crippen molar-refractivity contribution < 1.29 is 4.74 Å². The number of benzene rings is 7. The van der Waals surface area contributed by atoms with E-state index in [1.54, 1.807) is 0 Å². The Morgan fingerprint density at radius 3 is 1.95 bits per heavy atom. The maximum absolute atomic E-state index is 7.00. The largest absolute Gasteiger partial charge is 0.483 e. The molecule has 0 saturated carbocycles. The summed E-state index contributed by atoms with van der Waals surface area (Å²) in [5, 5.41) is 8.66. The first kappa shape index (κ1) is 32.2. The fourth-order valence-electron chi connectivity index (χ4n) is 9.13. The number of amidine groups is 2. The van der Waals surface area contributed by atoms with Crippen LogP contribution < -0.4 is 10.1 Å². The minimum Gasteiger partial charge on any atom is -0.483 e. The Morgan fingerprint density at radius 2 is 1.19 bits per heavy atom. The number of para-hydroxylation sites is 2. The number of rotatable bonds is 5. The maximum Gasteiger partial charge on any atom is 0.159 e.